The molecule has 1 atom stereocenters. The van der Waals surface area contributed by atoms with Crippen LogP contribution in [0, 0.1) is 10.1 Å². The van der Waals surface area contributed by atoms with Crippen molar-refractivity contribution in [1.82, 2.24) is 9.97 Å². The Morgan fingerprint density at radius 2 is 2.17 bits per heavy atom. The molecule has 1 aromatic heterocycles. The van der Waals surface area contributed by atoms with E-state index in [9.17, 15) is 10.1 Å². The van der Waals surface area contributed by atoms with Crippen LogP contribution in [0.3, 0.4) is 0 Å². The summed E-state index contributed by atoms with van der Waals surface area (Å²) < 4.78 is 0. The molecule has 0 aliphatic heterocycles. The van der Waals surface area contributed by atoms with Gasteiger partial charge in [-0.15, -0.1) is 0 Å². The number of nitro groups is 1. The number of aromatic nitrogens is 2. The van der Waals surface area contributed by atoms with Gasteiger partial charge in [0.15, 0.2) is 0 Å². The van der Waals surface area contributed by atoms with Crippen LogP contribution in [0.25, 0.3) is 0 Å². The van der Waals surface area contributed by atoms with Gasteiger partial charge in [0.2, 0.25) is 11.6 Å². The van der Waals surface area contributed by atoms with Gasteiger partial charge in [0.05, 0.1) is 4.92 Å². The Morgan fingerprint density at radius 1 is 1.50 bits per heavy atom. The second-order valence-corrected chi connectivity index (χ2v) is 4.62. The maximum atomic E-state index is 11.1. The summed E-state index contributed by atoms with van der Waals surface area (Å²) >= 11 is 1.67. The molecule has 0 spiro atoms. The number of anilines is 2. The SMILES string of the molecule is CCNc1ncnc(NC(C)CSC)c1[N+](=O)[O-]. The van der Waals surface area contributed by atoms with Crippen molar-refractivity contribution in [3.63, 3.8) is 0 Å². The lowest BCUT2D eigenvalue weighted by Gasteiger charge is -2.14. The minimum Gasteiger partial charge on any atom is -0.364 e. The van der Waals surface area contributed by atoms with E-state index in [0.717, 1.165) is 5.75 Å². The zero-order chi connectivity index (χ0) is 13.5. The van der Waals surface area contributed by atoms with Crippen molar-refractivity contribution in [3.05, 3.63) is 16.4 Å². The number of nitrogens with one attached hydrogen (secondary N) is 2. The number of thioether (sulfide) groups is 1. The lowest BCUT2D eigenvalue weighted by atomic mass is 10.3. The minimum atomic E-state index is -0.466. The Morgan fingerprint density at radius 3 is 2.72 bits per heavy atom. The lowest BCUT2D eigenvalue weighted by Crippen LogP contribution is -2.20. The van der Waals surface area contributed by atoms with Crippen LogP contribution in [-0.4, -0.2) is 39.5 Å². The van der Waals surface area contributed by atoms with Crippen molar-refractivity contribution in [3.8, 4) is 0 Å². The van der Waals surface area contributed by atoms with Crippen molar-refractivity contribution in [2.45, 2.75) is 19.9 Å². The van der Waals surface area contributed by atoms with Gasteiger partial charge in [-0.1, -0.05) is 0 Å². The van der Waals surface area contributed by atoms with Gasteiger partial charge in [0, 0.05) is 18.3 Å². The van der Waals surface area contributed by atoms with Crippen LogP contribution >= 0.6 is 11.8 Å². The van der Waals surface area contributed by atoms with E-state index in [1.165, 1.54) is 6.33 Å². The summed E-state index contributed by atoms with van der Waals surface area (Å²) in [7, 11) is 0. The molecule has 8 heteroatoms. The zero-order valence-electron chi connectivity index (χ0n) is 10.6. The average molecular weight is 271 g/mol. The zero-order valence-corrected chi connectivity index (χ0v) is 11.5. The van der Waals surface area contributed by atoms with E-state index in [1.807, 2.05) is 20.1 Å². The van der Waals surface area contributed by atoms with Gasteiger partial charge < -0.3 is 10.6 Å². The molecule has 0 aromatic carbocycles. The first-order chi connectivity index (χ1) is 8.60. The molecule has 0 aliphatic rings. The molecule has 2 N–H and O–H groups in total. The third kappa shape index (κ3) is 3.73. The summed E-state index contributed by atoms with van der Waals surface area (Å²) in [6, 6.07) is 0.100. The second kappa shape index (κ2) is 7.00. The van der Waals surface area contributed by atoms with Crippen LogP contribution in [-0.2, 0) is 0 Å². The normalized spacial score (nSPS) is 11.9. The van der Waals surface area contributed by atoms with Crippen molar-refractivity contribution >= 4 is 29.1 Å². The highest BCUT2D eigenvalue weighted by Crippen LogP contribution is 2.29. The van der Waals surface area contributed by atoms with Gasteiger partial charge in [0.1, 0.15) is 6.33 Å². The maximum Gasteiger partial charge on any atom is 0.353 e. The standard InChI is InChI=1S/C10H17N5O2S/c1-4-11-9-8(15(16)17)10(13-6-12-9)14-7(2)5-18-3/h6-7H,4-5H2,1-3H3,(H2,11,12,13,14). The molecule has 0 bridgehead atoms. The van der Waals surface area contributed by atoms with Crippen LogP contribution in [0.2, 0.25) is 0 Å². The molecule has 1 heterocycles. The molecule has 0 amide bonds. The molecule has 1 aromatic rings. The molecule has 100 valence electrons. The Balaban J connectivity index is 3.02. The van der Waals surface area contributed by atoms with E-state index in [-0.39, 0.29) is 23.4 Å². The first-order valence-electron chi connectivity index (χ1n) is 5.58. The third-order valence-electron chi connectivity index (χ3n) is 2.15. The first kappa shape index (κ1) is 14.5. The molecule has 0 aliphatic carbocycles. The molecule has 0 fully saturated rings. The number of hydrogen-bond acceptors (Lipinski definition) is 7. The highest BCUT2D eigenvalue weighted by Gasteiger charge is 2.23. The average Bonchev–Trinajstić information content (AvgIpc) is 2.29. The predicted molar refractivity (Wildman–Crippen MR) is 74.3 cm³/mol. The quantitative estimate of drug-likeness (QED) is 0.578. The predicted octanol–water partition coefficient (Wildman–Crippen LogP) is 1.98. The molecule has 7 nitrogen and oxygen atoms in total. The van der Waals surface area contributed by atoms with Crippen molar-refractivity contribution in [2.24, 2.45) is 0 Å². The molecule has 0 saturated heterocycles. The second-order valence-electron chi connectivity index (χ2n) is 3.71. The fourth-order valence-corrected chi connectivity index (χ4v) is 2.06. The highest BCUT2D eigenvalue weighted by molar-refractivity contribution is 7.98. The van der Waals surface area contributed by atoms with Gasteiger partial charge in [0.25, 0.3) is 0 Å². The van der Waals surface area contributed by atoms with Gasteiger partial charge in [-0.3, -0.25) is 10.1 Å². The molecule has 1 unspecified atom stereocenters. The van der Waals surface area contributed by atoms with E-state index >= 15 is 0 Å². The Bertz CT molecular complexity index is 415. The van der Waals surface area contributed by atoms with Gasteiger partial charge in [-0.05, 0) is 20.1 Å². The topological polar surface area (TPSA) is 93.0 Å². The summed E-state index contributed by atoms with van der Waals surface area (Å²) in [5.74, 6) is 1.35. The number of rotatable bonds is 7. The smallest absolute Gasteiger partial charge is 0.353 e. The summed E-state index contributed by atoms with van der Waals surface area (Å²) in [6.07, 6.45) is 3.30. The Hall–Kier alpha value is -1.57. The lowest BCUT2D eigenvalue weighted by molar-refractivity contribution is -0.383. The van der Waals surface area contributed by atoms with Crippen LogP contribution in [0.5, 0.6) is 0 Å². The summed E-state index contributed by atoms with van der Waals surface area (Å²) in [6.45, 7) is 4.38. The summed E-state index contributed by atoms with van der Waals surface area (Å²) in [5, 5.41) is 17.0. The van der Waals surface area contributed by atoms with Gasteiger partial charge in [-0.25, -0.2) is 9.97 Å². The van der Waals surface area contributed by atoms with Crippen LogP contribution in [0.4, 0.5) is 17.3 Å². The third-order valence-corrected chi connectivity index (χ3v) is 2.98. The molecule has 0 saturated carbocycles. The maximum absolute atomic E-state index is 11.1. The van der Waals surface area contributed by atoms with E-state index in [2.05, 4.69) is 20.6 Å². The number of nitrogens with zero attached hydrogens (tertiary/aromatic N) is 3. The minimum absolute atomic E-state index is 0.100. The fraction of sp³-hybridized carbons (Fsp3) is 0.600. The van der Waals surface area contributed by atoms with Crippen molar-refractivity contribution in [2.75, 3.05) is 29.2 Å². The Labute approximate surface area is 110 Å². The largest absolute Gasteiger partial charge is 0.364 e. The molecule has 18 heavy (non-hydrogen) atoms. The molecular weight excluding hydrogens is 254 g/mol. The summed E-state index contributed by atoms with van der Waals surface area (Å²) in [4.78, 5) is 18.5. The van der Waals surface area contributed by atoms with Gasteiger partial charge in [-0.2, -0.15) is 11.8 Å². The van der Waals surface area contributed by atoms with Crippen molar-refractivity contribution in [1.29, 1.82) is 0 Å². The van der Waals surface area contributed by atoms with E-state index < -0.39 is 4.92 Å². The van der Waals surface area contributed by atoms with E-state index in [4.69, 9.17) is 0 Å². The van der Waals surface area contributed by atoms with Crippen molar-refractivity contribution < 1.29 is 4.92 Å². The molecular formula is C10H17N5O2S. The molecule has 0 radical (unpaired) electrons. The van der Waals surface area contributed by atoms with E-state index in [1.54, 1.807) is 11.8 Å². The van der Waals surface area contributed by atoms with E-state index in [0.29, 0.717) is 6.54 Å². The number of hydrogen-bond donors (Lipinski definition) is 2. The highest BCUT2D eigenvalue weighted by atomic mass is 32.2. The van der Waals surface area contributed by atoms with Crippen LogP contribution in [0.15, 0.2) is 6.33 Å². The monoisotopic (exact) mass is 271 g/mol. The van der Waals surface area contributed by atoms with Gasteiger partial charge >= 0.3 is 5.69 Å². The first-order valence-corrected chi connectivity index (χ1v) is 6.98. The van der Waals surface area contributed by atoms with Crippen LogP contribution < -0.4 is 10.6 Å². The van der Waals surface area contributed by atoms with Crippen LogP contribution in [0.1, 0.15) is 13.8 Å². The Kier molecular flexibility index (Phi) is 5.63. The summed E-state index contributed by atoms with van der Waals surface area (Å²) in [5.41, 5.74) is -0.104. The molecule has 1 rings (SSSR count). The fourth-order valence-electron chi connectivity index (χ4n) is 1.48.